The molecule has 1 aliphatic rings. The molecule has 1 saturated heterocycles. The molecule has 4 heteroatoms. The quantitative estimate of drug-likeness (QED) is 0.752. The summed E-state index contributed by atoms with van der Waals surface area (Å²) in [6.07, 6.45) is 0.996. The van der Waals surface area contributed by atoms with Crippen molar-refractivity contribution in [1.82, 2.24) is 5.32 Å². The number of sulfone groups is 1. The average molecular weight is 219 g/mol. The largest absolute Gasteiger partial charge is 0.314 e. The van der Waals surface area contributed by atoms with Crippen molar-refractivity contribution in [2.24, 2.45) is 11.8 Å². The number of hydrogen-bond acceptors (Lipinski definition) is 3. The van der Waals surface area contributed by atoms with Gasteiger partial charge in [-0.1, -0.05) is 13.8 Å². The lowest BCUT2D eigenvalue weighted by atomic mass is 10.1. The van der Waals surface area contributed by atoms with Gasteiger partial charge >= 0.3 is 0 Å². The molecule has 0 aliphatic carbocycles. The van der Waals surface area contributed by atoms with Crippen molar-refractivity contribution < 1.29 is 8.42 Å². The van der Waals surface area contributed by atoms with E-state index in [1.807, 2.05) is 0 Å². The van der Waals surface area contributed by atoms with Gasteiger partial charge in [-0.25, -0.2) is 8.42 Å². The summed E-state index contributed by atoms with van der Waals surface area (Å²) in [5, 5.41) is 3.41. The Morgan fingerprint density at radius 2 is 1.86 bits per heavy atom. The predicted molar refractivity (Wildman–Crippen MR) is 59.1 cm³/mol. The first-order chi connectivity index (χ1) is 6.41. The molecule has 1 atom stereocenters. The Labute approximate surface area is 87.2 Å². The standard InChI is InChI=1S/C10H21NO2S/c1-8(2)9(3)11-5-4-10-6-14(12,13)7-10/h8-11H,4-7H2,1-3H3. The van der Waals surface area contributed by atoms with Gasteiger partial charge in [-0.05, 0) is 31.7 Å². The molecule has 1 rings (SSSR count). The van der Waals surface area contributed by atoms with Crippen LogP contribution in [0.5, 0.6) is 0 Å². The van der Waals surface area contributed by atoms with Gasteiger partial charge in [-0.2, -0.15) is 0 Å². The van der Waals surface area contributed by atoms with Gasteiger partial charge in [0.15, 0.2) is 9.84 Å². The van der Waals surface area contributed by atoms with Gasteiger partial charge in [-0.3, -0.25) is 0 Å². The second-order valence-corrected chi connectivity index (χ2v) is 6.87. The summed E-state index contributed by atoms with van der Waals surface area (Å²) < 4.78 is 21.8. The minimum absolute atomic E-state index is 0.407. The van der Waals surface area contributed by atoms with E-state index in [9.17, 15) is 8.42 Å². The van der Waals surface area contributed by atoms with Crippen LogP contribution in [-0.2, 0) is 9.84 Å². The van der Waals surface area contributed by atoms with Gasteiger partial charge in [0.1, 0.15) is 0 Å². The van der Waals surface area contributed by atoms with E-state index < -0.39 is 9.84 Å². The maximum absolute atomic E-state index is 10.9. The molecule has 1 N–H and O–H groups in total. The molecule has 0 aromatic carbocycles. The van der Waals surface area contributed by atoms with Crippen LogP contribution < -0.4 is 5.32 Å². The van der Waals surface area contributed by atoms with E-state index in [-0.39, 0.29) is 0 Å². The Hall–Kier alpha value is -0.0900. The maximum Gasteiger partial charge on any atom is 0.150 e. The molecule has 84 valence electrons. The van der Waals surface area contributed by atoms with Crippen LogP contribution in [0, 0.1) is 11.8 Å². The summed E-state index contributed by atoms with van der Waals surface area (Å²) in [5.74, 6) is 1.86. The predicted octanol–water partition coefficient (Wildman–Crippen LogP) is 1.06. The highest BCUT2D eigenvalue weighted by Crippen LogP contribution is 2.20. The van der Waals surface area contributed by atoms with E-state index in [2.05, 4.69) is 26.1 Å². The van der Waals surface area contributed by atoms with E-state index in [1.54, 1.807) is 0 Å². The molecule has 1 aliphatic heterocycles. The summed E-state index contributed by atoms with van der Waals surface area (Å²) >= 11 is 0. The van der Waals surface area contributed by atoms with Gasteiger partial charge in [-0.15, -0.1) is 0 Å². The van der Waals surface area contributed by atoms with Crippen molar-refractivity contribution in [2.45, 2.75) is 33.2 Å². The van der Waals surface area contributed by atoms with Gasteiger partial charge < -0.3 is 5.32 Å². The smallest absolute Gasteiger partial charge is 0.150 e. The van der Waals surface area contributed by atoms with Crippen molar-refractivity contribution in [3.8, 4) is 0 Å². The third-order valence-corrected chi connectivity index (χ3v) is 4.96. The zero-order valence-electron chi connectivity index (χ0n) is 9.29. The topological polar surface area (TPSA) is 46.2 Å². The molecule has 0 amide bonds. The molecule has 0 saturated carbocycles. The molecule has 3 nitrogen and oxygen atoms in total. The Balaban J connectivity index is 2.06. The molecule has 14 heavy (non-hydrogen) atoms. The number of nitrogens with one attached hydrogen (secondary N) is 1. The molecule has 0 bridgehead atoms. The summed E-state index contributed by atoms with van der Waals surface area (Å²) in [6, 6.07) is 0.520. The molecule has 1 heterocycles. The first kappa shape index (κ1) is 12.0. The lowest BCUT2D eigenvalue weighted by Crippen LogP contribution is -2.39. The second kappa shape index (κ2) is 4.62. The molecule has 0 aromatic rings. The Bertz CT molecular complexity index is 260. The fraction of sp³-hybridized carbons (Fsp3) is 1.00. The van der Waals surface area contributed by atoms with Crippen molar-refractivity contribution in [1.29, 1.82) is 0 Å². The fourth-order valence-corrected chi connectivity index (χ4v) is 3.26. The van der Waals surface area contributed by atoms with E-state index in [0.717, 1.165) is 13.0 Å². The first-order valence-corrected chi connectivity index (χ1v) is 7.16. The third-order valence-electron chi connectivity index (χ3n) is 3.00. The van der Waals surface area contributed by atoms with Crippen molar-refractivity contribution in [2.75, 3.05) is 18.1 Å². The average Bonchev–Trinajstić information content (AvgIpc) is 2.00. The highest BCUT2D eigenvalue weighted by atomic mass is 32.2. The fourth-order valence-electron chi connectivity index (χ4n) is 1.59. The van der Waals surface area contributed by atoms with E-state index in [1.165, 1.54) is 0 Å². The van der Waals surface area contributed by atoms with E-state index in [4.69, 9.17) is 0 Å². The maximum atomic E-state index is 10.9. The molecular formula is C10H21NO2S. The normalized spacial score (nSPS) is 23.4. The summed E-state index contributed by atoms with van der Waals surface area (Å²) in [7, 11) is -2.63. The Kier molecular flexibility index (Phi) is 3.95. The van der Waals surface area contributed by atoms with Crippen LogP contribution in [0.15, 0.2) is 0 Å². The van der Waals surface area contributed by atoms with Crippen LogP contribution in [0.3, 0.4) is 0 Å². The van der Waals surface area contributed by atoms with E-state index in [0.29, 0.717) is 29.4 Å². The van der Waals surface area contributed by atoms with Crippen LogP contribution in [0.25, 0.3) is 0 Å². The van der Waals surface area contributed by atoms with Crippen LogP contribution >= 0.6 is 0 Å². The highest BCUT2D eigenvalue weighted by molar-refractivity contribution is 7.92. The zero-order chi connectivity index (χ0) is 10.8. The molecule has 0 radical (unpaired) electrons. The highest BCUT2D eigenvalue weighted by Gasteiger charge is 2.32. The van der Waals surface area contributed by atoms with Crippen molar-refractivity contribution in [3.63, 3.8) is 0 Å². The first-order valence-electron chi connectivity index (χ1n) is 5.34. The molecule has 1 unspecified atom stereocenters. The van der Waals surface area contributed by atoms with Gasteiger partial charge in [0.25, 0.3) is 0 Å². The Morgan fingerprint density at radius 1 is 1.29 bits per heavy atom. The van der Waals surface area contributed by atoms with Crippen LogP contribution in [-0.4, -0.2) is 32.5 Å². The number of rotatable bonds is 5. The molecule has 0 aromatic heterocycles. The molecule has 1 fully saturated rings. The summed E-state index contributed by atoms with van der Waals surface area (Å²) in [6.45, 7) is 7.48. The Morgan fingerprint density at radius 3 is 2.29 bits per heavy atom. The molecular weight excluding hydrogens is 198 g/mol. The van der Waals surface area contributed by atoms with Crippen LogP contribution in [0.4, 0.5) is 0 Å². The van der Waals surface area contributed by atoms with Crippen molar-refractivity contribution in [3.05, 3.63) is 0 Å². The lowest BCUT2D eigenvalue weighted by Gasteiger charge is -2.26. The van der Waals surface area contributed by atoms with Crippen LogP contribution in [0.2, 0.25) is 0 Å². The van der Waals surface area contributed by atoms with Gasteiger partial charge in [0.2, 0.25) is 0 Å². The second-order valence-electron chi connectivity index (χ2n) is 4.72. The number of hydrogen-bond donors (Lipinski definition) is 1. The monoisotopic (exact) mass is 219 g/mol. The third kappa shape index (κ3) is 3.58. The molecule has 0 spiro atoms. The van der Waals surface area contributed by atoms with E-state index >= 15 is 0 Å². The van der Waals surface area contributed by atoms with Crippen molar-refractivity contribution >= 4 is 9.84 Å². The van der Waals surface area contributed by atoms with Gasteiger partial charge in [0, 0.05) is 6.04 Å². The minimum Gasteiger partial charge on any atom is -0.314 e. The summed E-state index contributed by atoms with van der Waals surface area (Å²) in [4.78, 5) is 0. The summed E-state index contributed by atoms with van der Waals surface area (Å²) in [5.41, 5.74) is 0. The van der Waals surface area contributed by atoms with Gasteiger partial charge in [0.05, 0.1) is 11.5 Å². The SMILES string of the molecule is CC(C)C(C)NCCC1CS(=O)(=O)C1. The zero-order valence-corrected chi connectivity index (χ0v) is 10.1. The van der Waals surface area contributed by atoms with Crippen LogP contribution in [0.1, 0.15) is 27.2 Å². The minimum atomic E-state index is -2.63. The lowest BCUT2D eigenvalue weighted by molar-refractivity contribution is 0.401.